The molecular weight excluding hydrogens is 245 g/mol. The molecule has 0 aliphatic carbocycles. The fourth-order valence-electron chi connectivity index (χ4n) is 1.17. The number of pyridine rings is 1. The van der Waals surface area contributed by atoms with Crippen LogP contribution in [0.15, 0.2) is 6.20 Å². The summed E-state index contributed by atoms with van der Waals surface area (Å²) in [7, 11) is 0. The molecule has 1 aromatic rings. The second kappa shape index (κ2) is 4.76. The van der Waals surface area contributed by atoms with Gasteiger partial charge in [-0.25, -0.2) is 8.78 Å². The van der Waals surface area contributed by atoms with Crippen molar-refractivity contribution in [2.45, 2.75) is 12.8 Å². The number of carbonyl (C=O) groups is 1. The molecule has 0 aliphatic heterocycles. The van der Waals surface area contributed by atoms with Crippen molar-refractivity contribution in [3.63, 3.8) is 0 Å². The minimum absolute atomic E-state index is 0.407. The van der Waals surface area contributed by atoms with Crippen molar-refractivity contribution in [3.05, 3.63) is 33.3 Å². The Morgan fingerprint density at radius 3 is 2.59 bits per heavy atom. The van der Waals surface area contributed by atoms with Gasteiger partial charge in [-0.2, -0.15) is 4.39 Å². The summed E-state index contributed by atoms with van der Waals surface area (Å²) in [6, 6.07) is 0. The molecule has 0 atom stereocenters. The molecule has 1 aromatic heterocycles. The molecule has 0 bridgehead atoms. The third-order valence-electron chi connectivity index (χ3n) is 1.87. The van der Waals surface area contributed by atoms with Crippen molar-refractivity contribution in [3.8, 4) is 0 Å². The van der Waals surface area contributed by atoms with Gasteiger partial charge in [0.2, 0.25) is 5.82 Å². The molecule has 0 amide bonds. The predicted octanol–water partition coefficient (Wildman–Crippen LogP) is 1.69. The van der Waals surface area contributed by atoms with E-state index in [4.69, 9.17) is 5.11 Å². The molecule has 0 spiro atoms. The third-order valence-corrected chi connectivity index (χ3v) is 1.87. The summed E-state index contributed by atoms with van der Waals surface area (Å²) >= 11 is 0. The van der Waals surface area contributed by atoms with Gasteiger partial charge in [-0.05, 0) is 9.91 Å². The standard InChI is InChI=1S/C8H5F3N2O4/c9-6-3(1-5(14)15)4(7(10)11)2-12-8(6)13(16)17/h2,7H,1H2,(H,14,15). The van der Waals surface area contributed by atoms with Crippen LogP contribution in [0.3, 0.4) is 0 Å². The van der Waals surface area contributed by atoms with Crippen LogP contribution in [0.2, 0.25) is 0 Å². The number of aromatic nitrogens is 1. The Labute approximate surface area is 91.9 Å². The summed E-state index contributed by atoms with van der Waals surface area (Å²) in [5.41, 5.74) is -1.88. The van der Waals surface area contributed by atoms with Crippen molar-refractivity contribution < 1.29 is 28.0 Å². The van der Waals surface area contributed by atoms with Gasteiger partial charge < -0.3 is 15.2 Å². The maximum atomic E-state index is 13.4. The van der Waals surface area contributed by atoms with E-state index in [1.807, 2.05) is 0 Å². The molecule has 17 heavy (non-hydrogen) atoms. The molecule has 6 nitrogen and oxygen atoms in total. The average Bonchev–Trinajstić information content (AvgIpc) is 2.19. The van der Waals surface area contributed by atoms with E-state index in [0.717, 1.165) is 0 Å². The zero-order chi connectivity index (χ0) is 13.2. The second-order valence-electron chi connectivity index (χ2n) is 2.96. The average molecular weight is 250 g/mol. The first-order valence-corrected chi connectivity index (χ1v) is 4.16. The lowest BCUT2D eigenvalue weighted by molar-refractivity contribution is -0.392. The van der Waals surface area contributed by atoms with E-state index >= 15 is 0 Å². The van der Waals surface area contributed by atoms with Crippen LogP contribution in [0.25, 0.3) is 0 Å². The highest BCUT2D eigenvalue weighted by atomic mass is 19.3. The first kappa shape index (κ1) is 12.9. The summed E-state index contributed by atoms with van der Waals surface area (Å²) in [4.78, 5) is 22.4. The van der Waals surface area contributed by atoms with Gasteiger partial charge >= 0.3 is 11.8 Å². The number of alkyl halides is 2. The zero-order valence-electron chi connectivity index (χ0n) is 8.06. The van der Waals surface area contributed by atoms with Crippen LogP contribution in [0.4, 0.5) is 19.0 Å². The quantitative estimate of drug-likeness (QED) is 0.648. The molecule has 0 aromatic carbocycles. The molecule has 0 saturated carbocycles. The first-order valence-electron chi connectivity index (χ1n) is 4.16. The summed E-state index contributed by atoms with van der Waals surface area (Å²) < 4.78 is 38.2. The van der Waals surface area contributed by atoms with Crippen LogP contribution < -0.4 is 0 Å². The van der Waals surface area contributed by atoms with Gasteiger partial charge in [-0.1, -0.05) is 0 Å². The summed E-state index contributed by atoms with van der Waals surface area (Å²) in [5.74, 6) is -4.49. The van der Waals surface area contributed by atoms with Crippen LogP contribution in [0.5, 0.6) is 0 Å². The zero-order valence-corrected chi connectivity index (χ0v) is 8.06. The Kier molecular flexibility index (Phi) is 3.61. The fraction of sp³-hybridized carbons (Fsp3) is 0.250. The van der Waals surface area contributed by atoms with Crippen LogP contribution >= 0.6 is 0 Å². The predicted molar refractivity (Wildman–Crippen MR) is 47.1 cm³/mol. The Morgan fingerprint density at radius 2 is 2.18 bits per heavy atom. The van der Waals surface area contributed by atoms with Crippen molar-refractivity contribution >= 4 is 11.8 Å². The third kappa shape index (κ3) is 2.68. The van der Waals surface area contributed by atoms with Crippen LogP contribution in [0.1, 0.15) is 17.6 Å². The number of carboxylic acid groups (broad SMARTS) is 1. The lowest BCUT2D eigenvalue weighted by Crippen LogP contribution is -2.10. The van der Waals surface area contributed by atoms with E-state index in [1.54, 1.807) is 0 Å². The van der Waals surface area contributed by atoms with Crippen LogP contribution in [-0.4, -0.2) is 21.0 Å². The van der Waals surface area contributed by atoms with Crippen molar-refractivity contribution in [1.29, 1.82) is 0 Å². The minimum atomic E-state index is -3.16. The molecule has 0 fully saturated rings. The second-order valence-corrected chi connectivity index (χ2v) is 2.96. The van der Waals surface area contributed by atoms with Gasteiger partial charge in [0.05, 0.1) is 12.0 Å². The van der Waals surface area contributed by atoms with Crippen LogP contribution in [0, 0.1) is 15.9 Å². The summed E-state index contributed by atoms with van der Waals surface area (Å²) in [6.45, 7) is 0. The molecule has 9 heteroatoms. The number of nitro groups is 1. The highest BCUT2D eigenvalue weighted by Gasteiger charge is 2.28. The molecule has 0 aliphatic rings. The number of nitrogens with zero attached hydrogens (tertiary/aromatic N) is 2. The van der Waals surface area contributed by atoms with Gasteiger partial charge in [0.25, 0.3) is 6.43 Å². The topological polar surface area (TPSA) is 93.3 Å². The Morgan fingerprint density at radius 1 is 1.59 bits per heavy atom. The van der Waals surface area contributed by atoms with E-state index in [0.29, 0.717) is 6.20 Å². The van der Waals surface area contributed by atoms with E-state index in [9.17, 15) is 28.1 Å². The van der Waals surface area contributed by atoms with Crippen molar-refractivity contribution in [2.75, 3.05) is 0 Å². The lowest BCUT2D eigenvalue weighted by Gasteiger charge is -2.06. The number of aliphatic carboxylic acids is 1. The molecule has 1 rings (SSSR count). The fourth-order valence-corrected chi connectivity index (χ4v) is 1.17. The maximum Gasteiger partial charge on any atom is 0.400 e. The molecule has 1 heterocycles. The number of hydrogen-bond acceptors (Lipinski definition) is 4. The first-order chi connectivity index (χ1) is 7.84. The molecule has 0 unspecified atom stereocenters. The van der Waals surface area contributed by atoms with Crippen molar-refractivity contribution in [1.82, 2.24) is 4.98 Å². The smallest absolute Gasteiger partial charge is 0.400 e. The number of rotatable bonds is 4. The number of hydrogen-bond donors (Lipinski definition) is 1. The van der Waals surface area contributed by atoms with E-state index in [-0.39, 0.29) is 0 Å². The number of carboxylic acids is 1. The lowest BCUT2D eigenvalue weighted by atomic mass is 10.1. The highest BCUT2D eigenvalue weighted by Crippen LogP contribution is 2.28. The van der Waals surface area contributed by atoms with E-state index < -0.39 is 46.5 Å². The largest absolute Gasteiger partial charge is 0.481 e. The van der Waals surface area contributed by atoms with Crippen LogP contribution in [-0.2, 0) is 11.2 Å². The van der Waals surface area contributed by atoms with Gasteiger partial charge in [-0.15, -0.1) is 0 Å². The maximum absolute atomic E-state index is 13.4. The number of halogens is 3. The summed E-state index contributed by atoms with van der Waals surface area (Å²) in [5, 5.41) is 18.7. The Bertz CT molecular complexity index is 478. The Balaban J connectivity index is 3.41. The highest BCUT2D eigenvalue weighted by molar-refractivity contribution is 5.71. The van der Waals surface area contributed by atoms with Gasteiger partial charge in [0.15, 0.2) is 0 Å². The molecule has 1 N–H and O–H groups in total. The van der Waals surface area contributed by atoms with Gasteiger partial charge in [0.1, 0.15) is 6.20 Å². The minimum Gasteiger partial charge on any atom is -0.481 e. The molecule has 0 saturated heterocycles. The summed E-state index contributed by atoms with van der Waals surface area (Å²) in [6.07, 6.45) is -3.83. The van der Waals surface area contributed by atoms with E-state index in [2.05, 4.69) is 4.98 Å². The monoisotopic (exact) mass is 250 g/mol. The van der Waals surface area contributed by atoms with Gasteiger partial charge in [0, 0.05) is 5.56 Å². The Hall–Kier alpha value is -2.19. The molecular formula is C8H5F3N2O4. The SMILES string of the molecule is O=C(O)Cc1c(C(F)F)cnc([N+](=O)[O-])c1F. The normalized spacial score (nSPS) is 10.6. The van der Waals surface area contributed by atoms with Gasteiger partial charge in [-0.3, -0.25) is 4.79 Å². The molecule has 92 valence electrons. The molecule has 0 radical (unpaired) electrons. The van der Waals surface area contributed by atoms with E-state index in [1.165, 1.54) is 0 Å². The van der Waals surface area contributed by atoms with Crippen molar-refractivity contribution in [2.24, 2.45) is 0 Å².